The van der Waals surface area contributed by atoms with E-state index in [1.54, 1.807) is 6.07 Å². The summed E-state index contributed by atoms with van der Waals surface area (Å²) >= 11 is 0. The summed E-state index contributed by atoms with van der Waals surface area (Å²) < 4.78 is 0. The van der Waals surface area contributed by atoms with Crippen LogP contribution in [0.3, 0.4) is 0 Å². The van der Waals surface area contributed by atoms with Crippen LogP contribution < -0.4 is 5.32 Å². The predicted molar refractivity (Wildman–Crippen MR) is 68.5 cm³/mol. The first-order chi connectivity index (χ1) is 7.93. The summed E-state index contributed by atoms with van der Waals surface area (Å²) in [5, 5.41) is 12.0. The van der Waals surface area contributed by atoms with Crippen LogP contribution in [0.4, 0.5) is 5.82 Å². The maximum Gasteiger partial charge on any atom is 0.145 e. The van der Waals surface area contributed by atoms with Crippen LogP contribution in [0.2, 0.25) is 0 Å². The molecule has 92 valence electrons. The van der Waals surface area contributed by atoms with Crippen molar-refractivity contribution in [2.45, 2.75) is 34.1 Å². The number of hydrogen-bond acceptors (Lipinski definition) is 4. The van der Waals surface area contributed by atoms with E-state index in [0.717, 1.165) is 13.0 Å². The quantitative estimate of drug-likeness (QED) is 0.848. The second kappa shape index (κ2) is 5.62. The Kier molecular flexibility index (Phi) is 4.45. The van der Waals surface area contributed by atoms with Crippen molar-refractivity contribution in [2.75, 3.05) is 11.9 Å². The van der Waals surface area contributed by atoms with Gasteiger partial charge in [-0.1, -0.05) is 27.7 Å². The number of nitriles is 1. The molecule has 0 saturated carbocycles. The van der Waals surface area contributed by atoms with Crippen molar-refractivity contribution in [3.8, 4) is 6.07 Å². The van der Waals surface area contributed by atoms with E-state index < -0.39 is 0 Å². The minimum Gasteiger partial charge on any atom is -0.369 e. The Morgan fingerprint density at radius 1 is 1.41 bits per heavy atom. The van der Waals surface area contributed by atoms with Crippen LogP contribution in [-0.4, -0.2) is 16.5 Å². The van der Waals surface area contributed by atoms with E-state index in [1.807, 2.05) is 6.07 Å². The van der Waals surface area contributed by atoms with Gasteiger partial charge in [-0.25, -0.2) is 9.97 Å². The van der Waals surface area contributed by atoms with Crippen molar-refractivity contribution in [1.82, 2.24) is 9.97 Å². The third-order valence-corrected chi connectivity index (χ3v) is 2.49. The average molecular weight is 232 g/mol. The van der Waals surface area contributed by atoms with Crippen molar-refractivity contribution < 1.29 is 0 Å². The van der Waals surface area contributed by atoms with Crippen molar-refractivity contribution in [1.29, 1.82) is 5.26 Å². The molecule has 0 fully saturated rings. The summed E-state index contributed by atoms with van der Waals surface area (Å²) in [4.78, 5) is 7.93. The second-order valence-corrected chi connectivity index (χ2v) is 5.52. The third-order valence-electron chi connectivity index (χ3n) is 2.49. The topological polar surface area (TPSA) is 61.6 Å². The first-order valence-corrected chi connectivity index (χ1v) is 5.89. The zero-order valence-electron chi connectivity index (χ0n) is 11.0. The van der Waals surface area contributed by atoms with Crippen LogP contribution in [0.25, 0.3) is 0 Å². The Morgan fingerprint density at radius 2 is 2.12 bits per heavy atom. The molecule has 0 atom stereocenters. The SMILES string of the molecule is CC(C)CC(C)(C)CNc1cc(C#N)ncn1. The molecule has 17 heavy (non-hydrogen) atoms. The van der Waals surface area contributed by atoms with Gasteiger partial charge in [0.05, 0.1) is 0 Å². The average Bonchev–Trinajstić information content (AvgIpc) is 2.25. The van der Waals surface area contributed by atoms with Crippen molar-refractivity contribution in [2.24, 2.45) is 11.3 Å². The molecule has 1 aromatic rings. The van der Waals surface area contributed by atoms with Gasteiger partial charge in [0, 0.05) is 12.6 Å². The predicted octanol–water partition coefficient (Wildman–Crippen LogP) is 2.83. The van der Waals surface area contributed by atoms with E-state index in [9.17, 15) is 0 Å². The Hall–Kier alpha value is -1.63. The first-order valence-electron chi connectivity index (χ1n) is 5.89. The summed E-state index contributed by atoms with van der Waals surface area (Å²) in [7, 11) is 0. The number of nitrogens with zero attached hydrogens (tertiary/aromatic N) is 3. The lowest BCUT2D eigenvalue weighted by molar-refractivity contribution is 0.306. The highest BCUT2D eigenvalue weighted by Gasteiger charge is 2.19. The van der Waals surface area contributed by atoms with Crippen molar-refractivity contribution >= 4 is 5.82 Å². The molecule has 0 radical (unpaired) electrons. The third kappa shape index (κ3) is 4.81. The molecule has 1 N–H and O–H groups in total. The van der Waals surface area contributed by atoms with Gasteiger partial charge < -0.3 is 5.32 Å². The summed E-state index contributed by atoms with van der Waals surface area (Å²) in [5.41, 5.74) is 0.607. The molecule has 4 nitrogen and oxygen atoms in total. The summed E-state index contributed by atoms with van der Waals surface area (Å²) in [6, 6.07) is 3.68. The lowest BCUT2D eigenvalue weighted by Gasteiger charge is -2.27. The van der Waals surface area contributed by atoms with Gasteiger partial charge in [0.1, 0.15) is 23.9 Å². The fourth-order valence-corrected chi connectivity index (χ4v) is 2.02. The normalized spacial score (nSPS) is 11.3. The van der Waals surface area contributed by atoms with Crippen LogP contribution in [-0.2, 0) is 0 Å². The van der Waals surface area contributed by atoms with E-state index in [2.05, 4.69) is 43.0 Å². The van der Waals surface area contributed by atoms with E-state index in [-0.39, 0.29) is 5.41 Å². The molecule has 0 bridgehead atoms. The highest BCUT2D eigenvalue weighted by atomic mass is 15.0. The Labute approximate surface area is 103 Å². The minimum atomic E-state index is 0.214. The van der Waals surface area contributed by atoms with Crippen LogP contribution in [0.5, 0.6) is 0 Å². The largest absolute Gasteiger partial charge is 0.369 e. The highest BCUT2D eigenvalue weighted by molar-refractivity contribution is 5.38. The Morgan fingerprint density at radius 3 is 2.71 bits per heavy atom. The number of aromatic nitrogens is 2. The monoisotopic (exact) mass is 232 g/mol. The lowest BCUT2D eigenvalue weighted by Crippen LogP contribution is -2.25. The summed E-state index contributed by atoms with van der Waals surface area (Å²) in [6.07, 6.45) is 2.56. The van der Waals surface area contributed by atoms with E-state index in [0.29, 0.717) is 17.4 Å². The molecule has 0 unspecified atom stereocenters. The smallest absolute Gasteiger partial charge is 0.145 e. The summed E-state index contributed by atoms with van der Waals surface area (Å²) in [6.45, 7) is 9.74. The van der Waals surface area contributed by atoms with Gasteiger partial charge in [-0.15, -0.1) is 0 Å². The first kappa shape index (κ1) is 13.4. The van der Waals surface area contributed by atoms with Crippen LogP contribution in [0, 0.1) is 22.7 Å². The standard InChI is InChI=1S/C13H20N4/c1-10(2)6-13(3,4)8-15-12-5-11(7-14)16-9-17-12/h5,9-10H,6,8H2,1-4H3,(H,15,16,17). The van der Waals surface area contributed by atoms with Gasteiger partial charge in [0.25, 0.3) is 0 Å². The van der Waals surface area contributed by atoms with Gasteiger partial charge in [-0.05, 0) is 17.8 Å². The molecule has 4 heteroatoms. The number of nitrogens with one attached hydrogen (secondary N) is 1. The molecule has 0 aromatic carbocycles. The molecule has 0 aliphatic carbocycles. The van der Waals surface area contributed by atoms with Gasteiger partial charge in [-0.3, -0.25) is 0 Å². The maximum atomic E-state index is 8.74. The molecule has 0 aliphatic heterocycles. The molecular weight excluding hydrogens is 212 g/mol. The van der Waals surface area contributed by atoms with Gasteiger partial charge in [-0.2, -0.15) is 5.26 Å². The molecule has 1 heterocycles. The zero-order chi connectivity index (χ0) is 12.9. The Bertz CT molecular complexity index is 404. The molecule has 0 amide bonds. The maximum absolute atomic E-state index is 8.74. The van der Waals surface area contributed by atoms with E-state index in [1.165, 1.54) is 6.33 Å². The van der Waals surface area contributed by atoms with Gasteiger partial charge in [0.2, 0.25) is 0 Å². The zero-order valence-corrected chi connectivity index (χ0v) is 11.0. The molecule has 0 saturated heterocycles. The lowest BCUT2D eigenvalue weighted by atomic mass is 9.84. The molecular formula is C13H20N4. The van der Waals surface area contributed by atoms with Crippen LogP contribution in [0.15, 0.2) is 12.4 Å². The number of anilines is 1. The van der Waals surface area contributed by atoms with Crippen LogP contribution in [0.1, 0.15) is 39.8 Å². The Balaban J connectivity index is 2.58. The number of hydrogen-bond donors (Lipinski definition) is 1. The molecule has 1 rings (SSSR count). The molecule has 1 aromatic heterocycles. The van der Waals surface area contributed by atoms with Gasteiger partial charge in [0.15, 0.2) is 0 Å². The molecule has 0 aliphatic rings. The van der Waals surface area contributed by atoms with Crippen molar-refractivity contribution in [3.05, 3.63) is 18.1 Å². The van der Waals surface area contributed by atoms with Crippen molar-refractivity contribution in [3.63, 3.8) is 0 Å². The van der Waals surface area contributed by atoms with Crippen LogP contribution >= 0.6 is 0 Å². The second-order valence-electron chi connectivity index (χ2n) is 5.52. The van der Waals surface area contributed by atoms with E-state index in [4.69, 9.17) is 5.26 Å². The minimum absolute atomic E-state index is 0.214. The number of rotatable bonds is 5. The fourth-order valence-electron chi connectivity index (χ4n) is 2.02. The molecule has 0 spiro atoms. The highest BCUT2D eigenvalue weighted by Crippen LogP contribution is 2.25. The van der Waals surface area contributed by atoms with Gasteiger partial charge >= 0.3 is 0 Å². The summed E-state index contributed by atoms with van der Waals surface area (Å²) in [5.74, 6) is 1.39. The fraction of sp³-hybridized carbons (Fsp3) is 0.615. The van der Waals surface area contributed by atoms with E-state index >= 15 is 0 Å².